The van der Waals surface area contributed by atoms with Gasteiger partial charge in [-0.2, -0.15) is 0 Å². The minimum absolute atomic E-state index is 0.122. The van der Waals surface area contributed by atoms with Crippen molar-refractivity contribution in [1.29, 1.82) is 0 Å². The van der Waals surface area contributed by atoms with Crippen molar-refractivity contribution in [3.8, 4) is 0 Å². The Labute approximate surface area is 75.9 Å². The summed E-state index contributed by atoms with van der Waals surface area (Å²) in [6.07, 6.45) is 1.44. The van der Waals surface area contributed by atoms with Crippen LogP contribution in [0.2, 0.25) is 0 Å². The van der Waals surface area contributed by atoms with Crippen LogP contribution in [0.4, 0.5) is 0 Å². The molecule has 5 nitrogen and oxygen atoms in total. The number of esters is 1. The number of aliphatic hydroxyl groups excluding tert-OH is 1. The minimum Gasteiger partial charge on any atom is -0.478 e. The molecule has 0 heterocycles. The number of aliphatic hydroxyl groups is 1. The van der Waals surface area contributed by atoms with Gasteiger partial charge in [0.2, 0.25) is 0 Å². The van der Waals surface area contributed by atoms with Gasteiger partial charge in [-0.15, -0.1) is 13.2 Å². The number of carboxylic acids is 1. The molecule has 2 N–H and O–H groups in total. The third-order valence-electron chi connectivity index (χ3n) is 0.698. The first-order chi connectivity index (χ1) is 6.16. The number of aliphatic carboxylic acids is 1. The van der Waals surface area contributed by atoms with E-state index in [1.807, 2.05) is 0 Å². The van der Waals surface area contributed by atoms with Crippen LogP contribution in [0.25, 0.3) is 0 Å². The Morgan fingerprint density at radius 3 is 2.23 bits per heavy atom. The highest BCUT2D eigenvalue weighted by Gasteiger charge is 1.95. The van der Waals surface area contributed by atoms with Crippen LogP contribution < -0.4 is 0 Å². The average Bonchev–Trinajstić information content (AvgIpc) is 2.14. The highest BCUT2D eigenvalue weighted by Crippen LogP contribution is 1.80. The first kappa shape index (κ1) is 13.9. The standard InChI is InChI=1S/C6H8O5.C2H4/c7-3-4-11-6(10)2-1-5(8)9;1-2/h1-2,7H,3-4H2,(H,8,9);1-2H2/b2-1+;. The van der Waals surface area contributed by atoms with E-state index in [9.17, 15) is 9.59 Å². The number of carbonyl (C=O) groups excluding carboxylic acids is 1. The summed E-state index contributed by atoms with van der Waals surface area (Å²) in [7, 11) is 0. The first-order valence-corrected chi connectivity index (χ1v) is 3.35. The lowest BCUT2D eigenvalue weighted by atomic mass is 10.5. The maximum Gasteiger partial charge on any atom is 0.331 e. The maximum absolute atomic E-state index is 10.4. The van der Waals surface area contributed by atoms with E-state index in [0.29, 0.717) is 6.08 Å². The van der Waals surface area contributed by atoms with Gasteiger partial charge in [0.15, 0.2) is 0 Å². The Bertz CT molecular complexity index is 185. The second-order valence-corrected chi connectivity index (χ2v) is 1.56. The second kappa shape index (κ2) is 10.4. The predicted octanol–water partition coefficient (Wildman–Crippen LogP) is -0.0351. The molecule has 5 heteroatoms. The van der Waals surface area contributed by atoms with Crippen LogP contribution in [0.1, 0.15) is 0 Å². The number of ether oxygens (including phenoxy) is 1. The first-order valence-electron chi connectivity index (χ1n) is 3.35. The van der Waals surface area contributed by atoms with Crippen LogP contribution in [0.15, 0.2) is 25.3 Å². The van der Waals surface area contributed by atoms with Gasteiger partial charge in [0.05, 0.1) is 6.61 Å². The van der Waals surface area contributed by atoms with E-state index in [2.05, 4.69) is 17.9 Å². The lowest BCUT2D eigenvalue weighted by Gasteiger charge is -1.95. The second-order valence-electron chi connectivity index (χ2n) is 1.56. The molecule has 0 aromatic rings. The van der Waals surface area contributed by atoms with Gasteiger partial charge in [0, 0.05) is 12.2 Å². The van der Waals surface area contributed by atoms with Crippen LogP contribution in [-0.4, -0.2) is 35.4 Å². The monoisotopic (exact) mass is 188 g/mol. The molecule has 0 atom stereocenters. The van der Waals surface area contributed by atoms with Crippen molar-refractivity contribution in [2.24, 2.45) is 0 Å². The van der Waals surface area contributed by atoms with E-state index >= 15 is 0 Å². The third-order valence-corrected chi connectivity index (χ3v) is 0.698. The molecule has 0 radical (unpaired) electrons. The highest BCUT2D eigenvalue weighted by molar-refractivity contribution is 5.90. The fraction of sp³-hybridized carbons (Fsp3) is 0.250. The molecule has 0 bridgehead atoms. The Kier molecular flexibility index (Phi) is 11.1. The van der Waals surface area contributed by atoms with Crippen LogP contribution >= 0.6 is 0 Å². The molecule has 0 unspecified atom stereocenters. The molecule has 74 valence electrons. The van der Waals surface area contributed by atoms with Crippen molar-refractivity contribution in [1.82, 2.24) is 0 Å². The Morgan fingerprint density at radius 1 is 1.31 bits per heavy atom. The van der Waals surface area contributed by atoms with Gasteiger partial charge in [-0.25, -0.2) is 9.59 Å². The zero-order valence-electron chi connectivity index (χ0n) is 7.10. The van der Waals surface area contributed by atoms with E-state index in [1.165, 1.54) is 0 Å². The summed E-state index contributed by atoms with van der Waals surface area (Å²) in [5, 5.41) is 16.2. The van der Waals surface area contributed by atoms with Crippen LogP contribution in [0.5, 0.6) is 0 Å². The Balaban J connectivity index is 0. The van der Waals surface area contributed by atoms with Crippen molar-refractivity contribution in [3.63, 3.8) is 0 Å². The molecule has 0 rings (SSSR count). The summed E-state index contributed by atoms with van der Waals surface area (Å²) in [6, 6.07) is 0. The minimum atomic E-state index is -1.22. The van der Waals surface area contributed by atoms with E-state index < -0.39 is 11.9 Å². The summed E-state index contributed by atoms with van der Waals surface area (Å²) >= 11 is 0. The zero-order chi connectivity index (χ0) is 10.7. The smallest absolute Gasteiger partial charge is 0.331 e. The van der Waals surface area contributed by atoms with Crippen molar-refractivity contribution >= 4 is 11.9 Å². The molecule has 0 fully saturated rings. The summed E-state index contributed by atoms with van der Waals surface area (Å²) in [6.45, 7) is 5.61. The van der Waals surface area contributed by atoms with Crippen LogP contribution in [-0.2, 0) is 14.3 Å². The van der Waals surface area contributed by atoms with Gasteiger partial charge < -0.3 is 14.9 Å². The van der Waals surface area contributed by atoms with E-state index in [-0.39, 0.29) is 13.2 Å². The third kappa shape index (κ3) is 13.4. The predicted molar refractivity (Wildman–Crippen MR) is 46.1 cm³/mol. The Morgan fingerprint density at radius 2 is 1.85 bits per heavy atom. The molecular formula is C8H12O5. The van der Waals surface area contributed by atoms with Crippen LogP contribution in [0, 0.1) is 0 Å². The fourth-order valence-corrected chi connectivity index (χ4v) is 0.334. The number of hydrogen-bond acceptors (Lipinski definition) is 4. The normalized spacial score (nSPS) is 8.69. The molecule has 0 aliphatic carbocycles. The van der Waals surface area contributed by atoms with Gasteiger partial charge in [-0.1, -0.05) is 0 Å². The average molecular weight is 188 g/mol. The Hall–Kier alpha value is -1.62. The number of carbonyl (C=O) groups is 2. The van der Waals surface area contributed by atoms with Gasteiger partial charge in [-0.3, -0.25) is 0 Å². The lowest BCUT2D eigenvalue weighted by molar-refractivity contribution is -0.139. The van der Waals surface area contributed by atoms with Gasteiger partial charge in [0.1, 0.15) is 6.61 Å². The summed E-state index contributed by atoms with van der Waals surface area (Å²) in [5.41, 5.74) is 0. The topological polar surface area (TPSA) is 83.8 Å². The number of hydrogen-bond donors (Lipinski definition) is 2. The van der Waals surface area contributed by atoms with Crippen molar-refractivity contribution in [2.45, 2.75) is 0 Å². The molecular weight excluding hydrogens is 176 g/mol. The molecule has 0 aliphatic rings. The van der Waals surface area contributed by atoms with Crippen molar-refractivity contribution < 1.29 is 24.5 Å². The number of rotatable bonds is 4. The van der Waals surface area contributed by atoms with Gasteiger partial charge in [0.25, 0.3) is 0 Å². The van der Waals surface area contributed by atoms with E-state index in [4.69, 9.17) is 10.2 Å². The molecule has 0 spiro atoms. The van der Waals surface area contributed by atoms with Crippen molar-refractivity contribution in [2.75, 3.05) is 13.2 Å². The summed E-state index contributed by atoms with van der Waals surface area (Å²) in [4.78, 5) is 20.3. The van der Waals surface area contributed by atoms with E-state index in [0.717, 1.165) is 6.08 Å². The van der Waals surface area contributed by atoms with Gasteiger partial charge in [-0.05, 0) is 0 Å². The largest absolute Gasteiger partial charge is 0.478 e. The molecule has 13 heavy (non-hydrogen) atoms. The molecule has 0 amide bonds. The SMILES string of the molecule is C=C.O=C(O)/C=C/C(=O)OCCO. The fourth-order valence-electron chi connectivity index (χ4n) is 0.334. The number of carboxylic acid groups (broad SMARTS) is 1. The van der Waals surface area contributed by atoms with Crippen LogP contribution in [0.3, 0.4) is 0 Å². The summed E-state index contributed by atoms with van der Waals surface area (Å²) < 4.78 is 4.30. The molecule has 0 aromatic carbocycles. The molecule has 0 aliphatic heterocycles. The zero-order valence-corrected chi connectivity index (χ0v) is 7.10. The molecule has 0 saturated carbocycles. The molecule has 0 saturated heterocycles. The van der Waals surface area contributed by atoms with Gasteiger partial charge >= 0.3 is 11.9 Å². The quantitative estimate of drug-likeness (QED) is 0.367. The molecule has 0 aromatic heterocycles. The van der Waals surface area contributed by atoms with E-state index in [1.54, 1.807) is 0 Å². The highest BCUT2D eigenvalue weighted by atomic mass is 16.5. The van der Waals surface area contributed by atoms with Crippen molar-refractivity contribution in [3.05, 3.63) is 25.3 Å². The maximum atomic E-state index is 10.4. The lowest BCUT2D eigenvalue weighted by Crippen LogP contribution is -2.05. The summed E-state index contributed by atoms with van der Waals surface area (Å²) in [5.74, 6) is -1.99.